The minimum atomic E-state index is 0. The van der Waals surface area contributed by atoms with E-state index in [1.807, 2.05) is 18.2 Å². The quantitative estimate of drug-likeness (QED) is 0.512. The van der Waals surface area contributed by atoms with E-state index < -0.39 is 0 Å². The topological polar surface area (TPSA) is 128 Å². The monoisotopic (exact) mass is 438 g/mol. The van der Waals surface area contributed by atoms with Crippen LogP contribution in [0, 0.1) is 0 Å². The van der Waals surface area contributed by atoms with Gasteiger partial charge in [0.05, 0.1) is 6.54 Å². The summed E-state index contributed by atoms with van der Waals surface area (Å²) in [6.07, 6.45) is 5.35. The molecule has 0 saturated heterocycles. The minimum absolute atomic E-state index is 0. The molecule has 1 aliphatic carbocycles. The van der Waals surface area contributed by atoms with Crippen molar-refractivity contribution in [1.29, 1.82) is 0 Å². The lowest BCUT2D eigenvalue weighted by Crippen LogP contribution is -2.35. The summed E-state index contributed by atoms with van der Waals surface area (Å²) in [6, 6.07) is 6.00. The zero-order chi connectivity index (χ0) is 18.6. The zero-order valence-electron chi connectivity index (χ0n) is 15.9. The third-order valence-electron chi connectivity index (χ3n) is 4.57. The van der Waals surface area contributed by atoms with Crippen molar-refractivity contribution in [1.82, 2.24) is 30.1 Å². The number of methoxy groups -OCH3 is 1. The first-order valence-corrected chi connectivity index (χ1v) is 8.89. The molecular formula is C18H24Cl2N8O. The van der Waals surface area contributed by atoms with Crippen LogP contribution in [0.1, 0.15) is 36.1 Å². The molecule has 3 heterocycles. The maximum absolute atomic E-state index is 5.92. The van der Waals surface area contributed by atoms with Crippen molar-refractivity contribution in [3.8, 4) is 11.4 Å². The molecule has 1 aliphatic rings. The molecule has 3 aromatic rings. The molecule has 0 radical (unpaired) electrons. The minimum Gasteiger partial charge on any atom is -0.377 e. The van der Waals surface area contributed by atoms with E-state index in [1.165, 1.54) is 0 Å². The van der Waals surface area contributed by atoms with Crippen LogP contribution < -0.4 is 11.1 Å². The number of pyridine rings is 1. The summed E-state index contributed by atoms with van der Waals surface area (Å²) in [6.45, 7) is 0.848. The van der Waals surface area contributed by atoms with Gasteiger partial charge in [0.1, 0.15) is 18.2 Å². The van der Waals surface area contributed by atoms with Crippen molar-refractivity contribution in [2.24, 2.45) is 5.73 Å². The van der Waals surface area contributed by atoms with Crippen LogP contribution in [0.5, 0.6) is 0 Å². The number of anilines is 1. The normalized spacial score (nSPS) is 17.6. The molecule has 9 nitrogen and oxygen atoms in total. The number of nitrogens with zero attached hydrogens (tertiary/aromatic N) is 5. The average molecular weight is 439 g/mol. The molecule has 11 heteroatoms. The lowest BCUT2D eigenvalue weighted by Gasteiger charge is -2.32. The third kappa shape index (κ3) is 5.60. The third-order valence-corrected chi connectivity index (χ3v) is 4.57. The molecule has 0 aliphatic heterocycles. The Balaban J connectivity index is 0.00000150. The molecule has 3 aromatic heterocycles. The highest BCUT2D eigenvalue weighted by atomic mass is 35.5. The lowest BCUT2D eigenvalue weighted by atomic mass is 9.78. The van der Waals surface area contributed by atoms with Gasteiger partial charge in [0.25, 0.3) is 0 Å². The van der Waals surface area contributed by atoms with Crippen molar-refractivity contribution in [3.05, 3.63) is 47.9 Å². The van der Waals surface area contributed by atoms with Crippen LogP contribution >= 0.6 is 24.8 Å². The fourth-order valence-corrected chi connectivity index (χ4v) is 3.09. The molecule has 0 spiro atoms. The predicted molar refractivity (Wildman–Crippen MR) is 114 cm³/mol. The van der Waals surface area contributed by atoms with Gasteiger partial charge in [-0.05, 0) is 25.0 Å². The number of ether oxygens (including phenoxy) is 1. The fourth-order valence-electron chi connectivity index (χ4n) is 3.09. The Morgan fingerprint density at radius 2 is 1.93 bits per heavy atom. The smallest absolute Gasteiger partial charge is 0.181 e. The number of H-pyrrole nitrogens is 1. The summed E-state index contributed by atoms with van der Waals surface area (Å²) in [7, 11) is 1.64. The zero-order valence-corrected chi connectivity index (χ0v) is 17.5. The Bertz CT molecular complexity index is 902. The number of aromatic amines is 1. The first-order chi connectivity index (χ1) is 13.2. The van der Waals surface area contributed by atoms with Crippen LogP contribution in [0.15, 0.2) is 30.6 Å². The maximum atomic E-state index is 5.92. The first-order valence-electron chi connectivity index (χ1n) is 8.89. The number of hydrogen-bond donors (Lipinski definition) is 3. The van der Waals surface area contributed by atoms with Gasteiger partial charge in [0.15, 0.2) is 11.6 Å². The number of nitrogens with one attached hydrogen (secondary N) is 2. The van der Waals surface area contributed by atoms with E-state index in [4.69, 9.17) is 10.5 Å². The van der Waals surface area contributed by atoms with E-state index in [0.29, 0.717) is 30.7 Å². The van der Waals surface area contributed by atoms with Gasteiger partial charge in [0.2, 0.25) is 0 Å². The molecule has 0 amide bonds. The van der Waals surface area contributed by atoms with Crippen molar-refractivity contribution in [2.75, 3.05) is 12.4 Å². The molecule has 4 N–H and O–H groups in total. The first kappa shape index (κ1) is 23.0. The van der Waals surface area contributed by atoms with Gasteiger partial charge in [-0.3, -0.25) is 10.1 Å². The highest BCUT2D eigenvalue weighted by molar-refractivity contribution is 5.85. The number of rotatable bonds is 7. The van der Waals surface area contributed by atoms with Crippen molar-refractivity contribution in [3.63, 3.8) is 0 Å². The number of hydrogen-bond acceptors (Lipinski definition) is 8. The van der Waals surface area contributed by atoms with Gasteiger partial charge in [-0.15, -0.1) is 24.8 Å². The standard InChI is InChI=1S/C18H22N8O.2ClH/c1-27-10-17-22-14(12-6-13(19)7-12)8-15(23-17)21-9-16-24-18(26-25-16)11-2-4-20-5-3-11;;/h2-5,8,12-13H,6-7,9-10,19H2,1H3,(H,21,22,23)(H,24,25,26);2*1H. The summed E-state index contributed by atoms with van der Waals surface area (Å²) in [5, 5.41) is 10.5. The van der Waals surface area contributed by atoms with Crippen molar-refractivity contribution >= 4 is 30.6 Å². The molecule has 0 atom stereocenters. The summed E-state index contributed by atoms with van der Waals surface area (Å²) >= 11 is 0. The molecule has 1 fully saturated rings. The fraction of sp³-hybridized carbons (Fsp3) is 0.389. The van der Waals surface area contributed by atoms with Crippen LogP contribution in [0.2, 0.25) is 0 Å². The molecule has 0 unspecified atom stereocenters. The van der Waals surface area contributed by atoms with Gasteiger partial charge in [0, 0.05) is 48.8 Å². The van der Waals surface area contributed by atoms with E-state index in [9.17, 15) is 0 Å². The molecule has 1 saturated carbocycles. The predicted octanol–water partition coefficient (Wildman–Crippen LogP) is 2.46. The van der Waals surface area contributed by atoms with E-state index in [0.717, 1.165) is 35.7 Å². The molecule has 29 heavy (non-hydrogen) atoms. The SMILES string of the molecule is COCc1nc(NCc2nc(-c3ccncc3)n[nH]2)cc(C2CC(N)C2)n1.Cl.Cl. The molecule has 4 rings (SSSR count). The van der Waals surface area contributed by atoms with Gasteiger partial charge >= 0.3 is 0 Å². The average Bonchev–Trinajstić information content (AvgIpc) is 3.14. The van der Waals surface area contributed by atoms with Gasteiger partial charge in [-0.1, -0.05) is 0 Å². The van der Waals surface area contributed by atoms with Crippen molar-refractivity contribution < 1.29 is 4.74 Å². The summed E-state index contributed by atoms with van der Waals surface area (Å²) < 4.78 is 5.19. The number of halogens is 2. The van der Waals surface area contributed by atoms with Gasteiger partial charge in [-0.25, -0.2) is 15.0 Å². The summed E-state index contributed by atoms with van der Waals surface area (Å²) in [4.78, 5) is 17.6. The second kappa shape index (κ2) is 10.4. The Morgan fingerprint density at radius 3 is 2.62 bits per heavy atom. The van der Waals surface area contributed by atoms with Crippen LogP contribution in [0.3, 0.4) is 0 Å². The highest BCUT2D eigenvalue weighted by Gasteiger charge is 2.29. The van der Waals surface area contributed by atoms with Crippen LogP contribution in [-0.4, -0.2) is 43.3 Å². The van der Waals surface area contributed by atoms with Gasteiger partial charge < -0.3 is 15.8 Å². The number of nitrogens with two attached hydrogens (primary N) is 1. The largest absolute Gasteiger partial charge is 0.377 e. The highest BCUT2D eigenvalue weighted by Crippen LogP contribution is 2.35. The maximum Gasteiger partial charge on any atom is 0.181 e. The Morgan fingerprint density at radius 1 is 1.17 bits per heavy atom. The van der Waals surface area contributed by atoms with Crippen LogP contribution in [0.25, 0.3) is 11.4 Å². The second-order valence-electron chi connectivity index (χ2n) is 6.65. The molecular weight excluding hydrogens is 415 g/mol. The van der Waals surface area contributed by atoms with Crippen LogP contribution in [-0.2, 0) is 17.9 Å². The van der Waals surface area contributed by atoms with E-state index in [1.54, 1.807) is 19.5 Å². The Hall–Kier alpha value is -2.33. The number of aromatic nitrogens is 6. The van der Waals surface area contributed by atoms with Crippen LogP contribution in [0.4, 0.5) is 5.82 Å². The second-order valence-corrected chi connectivity index (χ2v) is 6.65. The molecule has 0 aromatic carbocycles. The van der Waals surface area contributed by atoms with Crippen molar-refractivity contribution in [2.45, 2.75) is 38.0 Å². The lowest BCUT2D eigenvalue weighted by molar-refractivity contribution is 0.177. The van der Waals surface area contributed by atoms with E-state index in [2.05, 4.69) is 35.5 Å². The molecule has 0 bridgehead atoms. The summed E-state index contributed by atoms with van der Waals surface area (Å²) in [5.74, 6) is 3.16. The van der Waals surface area contributed by atoms with E-state index in [-0.39, 0.29) is 30.9 Å². The molecule has 156 valence electrons. The Labute approximate surface area is 181 Å². The van der Waals surface area contributed by atoms with E-state index >= 15 is 0 Å². The Kier molecular flexibility index (Phi) is 8.27. The summed E-state index contributed by atoms with van der Waals surface area (Å²) in [5.41, 5.74) is 7.85. The van der Waals surface area contributed by atoms with Gasteiger partial charge in [-0.2, -0.15) is 5.10 Å².